The molecule has 1 amide bonds. The van der Waals surface area contributed by atoms with Crippen molar-refractivity contribution in [2.45, 2.75) is 69.3 Å². The molecule has 6 atom stereocenters. The molecule has 3 aromatic rings. The third-order valence-corrected chi connectivity index (χ3v) is 10.4. The van der Waals surface area contributed by atoms with Crippen molar-refractivity contribution in [3.63, 3.8) is 0 Å². The predicted molar refractivity (Wildman–Crippen MR) is 159 cm³/mol. The second kappa shape index (κ2) is 10.1. The summed E-state index contributed by atoms with van der Waals surface area (Å²) in [5.41, 5.74) is -1.17. The third kappa shape index (κ3) is 3.61. The number of benzene rings is 3. The van der Waals surface area contributed by atoms with Crippen LogP contribution in [0.1, 0.15) is 66.9 Å². The number of aliphatic hydroxyl groups is 1. The van der Waals surface area contributed by atoms with E-state index in [1.165, 1.54) is 0 Å². The molecule has 0 aromatic heterocycles. The van der Waals surface area contributed by atoms with Crippen LogP contribution < -0.4 is 4.90 Å². The quantitative estimate of drug-likeness (QED) is 0.405. The SMILES string of the molecule is CCC[C@H]1CC(=O)[C@@H]2[C@]3(C(=O)N(Cc4ccccc4)c4ccccc43)[C@H](C(=O)c3ccccc3)O[C@@]3(O)CCCC(=O)[C@@]123. The van der Waals surface area contributed by atoms with Gasteiger partial charge in [0.25, 0.3) is 0 Å². The number of amides is 1. The maximum atomic E-state index is 15.3. The fourth-order valence-corrected chi connectivity index (χ4v) is 8.93. The number of anilines is 1. The van der Waals surface area contributed by atoms with Crippen LogP contribution in [0.15, 0.2) is 84.9 Å². The number of carbonyl (C=O) groups excluding carboxylic acids is 4. The normalized spacial score (nSPS) is 32.9. The van der Waals surface area contributed by atoms with Crippen LogP contribution in [0.3, 0.4) is 0 Å². The summed E-state index contributed by atoms with van der Waals surface area (Å²) in [7, 11) is 0. The number of carbonyl (C=O) groups is 4. The number of rotatable bonds is 6. The van der Waals surface area contributed by atoms with E-state index in [-0.39, 0.29) is 37.4 Å². The second-order valence-electron chi connectivity index (χ2n) is 12.5. The largest absolute Gasteiger partial charge is 0.365 e. The highest BCUT2D eigenvalue weighted by molar-refractivity contribution is 6.18. The monoisotopic (exact) mass is 577 g/mol. The van der Waals surface area contributed by atoms with Crippen molar-refractivity contribution in [1.82, 2.24) is 0 Å². The third-order valence-electron chi connectivity index (χ3n) is 10.4. The van der Waals surface area contributed by atoms with E-state index in [0.29, 0.717) is 36.1 Å². The van der Waals surface area contributed by atoms with Crippen LogP contribution in [-0.2, 0) is 31.1 Å². The van der Waals surface area contributed by atoms with Crippen molar-refractivity contribution in [2.24, 2.45) is 17.3 Å². The Morgan fingerprint density at radius 3 is 2.35 bits per heavy atom. The van der Waals surface area contributed by atoms with E-state index in [0.717, 1.165) is 5.56 Å². The van der Waals surface area contributed by atoms with Crippen LogP contribution in [0.5, 0.6) is 0 Å². The minimum Gasteiger partial charge on any atom is -0.365 e. The van der Waals surface area contributed by atoms with Gasteiger partial charge in [-0.05, 0) is 36.0 Å². The minimum absolute atomic E-state index is 0.0536. The zero-order valence-electron chi connectivity index (χ0n) is 24.2. The van der Waals surface area contributed by atoms with Gasteiger partial charge in [-0.3, -0.25) is 19.2 Å². The topological polar surface area (TPSA) is 101 Å². The molecule has 3 fully saturated rings. The Bertz CT molecular complexity index is 1620. The Morgan fingerprint density at radius 2 is 1.63 bits per heavy atom. The zero-order valence-corrected chi connectivity index (χ0v) is 24.2. The van der Waals surface area contributed by atoms with E-state index in [2.05, 4.69) is 0 Å². The summed E-state index contributed by atoms with van der Waals surface area (Å²) in [6.45, 7) is 2.20. The molecule has 7 heteroatoms. The zero-order chi connectivity index (χ0) is 30.0. The molecule has 0 unspecified atom stereocenters. The van der Waals surface area contributed by atoms with E-state index in [4.69, 9.17) is 4.74 Å². The maximum absolute atomic E-state index is 15.3. The molecule has 2 saturated carbocycles. The lowest BCUT2D eigenvalue weighted by atomic mass is 9.47. The van der Waals surface area contributed by atoms with Gasteiger partial charge in [0.2, 0.25) is 5.91 Å². The van der Waals surface area contributed by atoms with Gasteiger partial charge in [-0.15, -0.1) is 0 Å². The van der Waals surface area contributed by atoms with Gasteiger partial charge < -0.3 is 14.7 Å². The van der Waals surface area contributed by atoms with Gasteiger partial charge in [-0.25, -0.2) is 0 Å². The molecule has 43 heavy (non-hydrogen) atoms. The molecule has 2 spiro atoms. The van der Waals surface area contributed by atoms with Crippen LogP contribution in [0.4, 0.5) is 5.69 Å². The smallest absolute Gasteiger partial charge is 0.241 e. The first-order valence-electron chi connectivity index (χ1n) is 15.3. The Hall–Kier alpha value is -3.94. The molecule has 1 N–H and O–H groups in total. The average Bonchev–Trinajstić information content (AvgIpc) is 3.45. The number of hydrogen-bond donors (Lipinski definition) is 1. The molecule has 2 aliphatic carbocycles. The van der Waals surface area contributed by atoms with Gasteiger partial charge in [-0.1, -0.05) is 92.2 Å². The lowest BCUT2D eigenvalue weighted by Crippen LogP contribution is -2.76. The Balaban J connectivity index is 1.52. The van der Waals surface area contributed by atoms with E-state index in [1.807, 2.05) is 49.4 Å². The van der Waals surface area contributed by atoms with Gasteiger partial charge in [-0.2, -0.15) is 0 Å². The number of nitrogens with zero attached hydrogens (tertiary/aromatic N) is 1. The predicted octanol–water partition coefficient (Wildman–Crippen LogP) is 5.19. The molecule has 7 nitrogen and oxygen atoms in total. The van der Waals surface area contributed by atoms with Gasteiger partial charge >= 0.3 is 0 Å². The molecular formula is C36H35NO6. The van der Waals surface area contributed by atoms with Gasteiger partial charge in [0.1, 0.15) is 23.1 Å². The molecule has 4 aliphatic rings. The molecule has 2 aliphatic heterocycles. The van der Waals surface area contributed by atoms with Crippen molar-refractivity contribution in [3.8, 4) is 0 Å². The molecular weight excluding hydrogens is 542 g/mol. The summed E-state index contributed by atoms with van der Waals surface area (Å²) < 4.78 is 6.64. The van der Waals surface area contributed by atoms with Crippen molar-refractivity contribution in [3.05, 3.63) is 102 Å². The molecule has 3 aromatic carbocycles. The fraction of sp³-hybridized carbons (Fsp3) is 0.389. The minimum atomic E-state index is -2.05. The standard InChI is InChI=1S/C36H35NO6/c1-2-12-25-21-28(38)31-35(26-17-9-10-18-27(26)37(33(35)41)22-23-13-5-3-6-14-23)32(30(40)24-15-7-4-8-16-24)43-34(42)20-11-19-29(39)36(25,31)34/h3-10,13-18,25,31-32,42H,2,11-12,19-22H2,1H3/t25-,31+,32-,34-,35-,36-/m0/s1. The van der Waals surface area contributed by atoms with E-state index >= 15 is 4.79 Å². The first-order chi connectivity index (χ1) is 20.8. The lowest BCUT2D eigenvalue weighted by Gasteiger charge is -2.61. The van der Waals surface area contributed by atoms with Crippen LogP contribution >= 0.6 is 0 Å². The van der Waals surface area contributed by atoms with Gasteiger partial charge in [0.05, 0.1) is 17.9 Å². The van der Waals surface area contributed by atoms with Crippen molar-refractivity contribution < 1.29 is 29.0 Å². The number of ether oxygens (including phenoxy) is 1. The van der Waals surface area contributed by atoms with E-state index in [1.54, 1.807) is 47.4 Å². The molecule has 0 bridgehead atoms. The summed E-state index contributed by atoms with van der Waals surface area (Å²) in [5.74, 6) is -5.23. The van der Waals surface area contributed by atoms with Crippen LogP contribution in [0.2, 0.25) is 0 Å². The van der Waals surface area contributed by atoms with Gasteiger partial charge in [0, 0.05) is 30.5 Å². The van der Waals surface area contributed by atoms with E-state index in [9.17, 15) is 19.5 Å². The number of Topliss-reactive ketones (excluding diaryl/α,β-unsaturated/α-hetero) is 3. The summed E-state index contributed by atoms with van der Waals surface area (Å²) >= 11 is 0. The highest BCUT2D eigenvalue weighted by Crippen LogP contribution is 2.70. The summed E-state index contributed by atoms with van der Waals surface area (Å²) in [5, 5.41) is 12.5. The average molecular weight is 578 g/mol. The van der Waals surface area contributed by atoms with Gasteiger partial charge in [0.15, 0.2) is 11.6 Å². The van der Waals surface area contributed by atoms with Crippen molar-refractivity contribution >= 4 is 28.9 Å². The molecule has 2 heterocycles. The Labute approximate surface area is 250 Å². The molecule has 0 radical (unpaired) electrons. The number of ketones is 3. The second-order valence-corrected chi connectivity index (χ2v) is 12.5. The Kier molecular flexibility index (Phi) is 6.52. The van der Waals surface area contributed by atoms with Crippen LogP contribution in [0, 0.1) is 17.3 Å². The number of para-hydroxylation sites is 1. The van der Waals surface area contributed by atoms with Crippen molar-refractivity contribution in [2.75, 3.05) is 4.90 Å². The first kappa shape index (κ1) is 27.9. The van der Waals surface area contributed by atoms with Crippen LogP contribution in [0.25, 0.3) is 0 Å². The number of hydrogen-bond acceptors (Lipinski definition) is 6. The summed E-state index contributed by atoms with van der Waals surface area (Å²) in [6, 6.07) is 25.3. The lowest BCUT2D eigenvalue weighted by molar-refractivity contribution is -0.339. The first-order valence-corrected chi connectivity index (χ1v) is 15.3. The highest BCUT2D eigenvalue weighted by atomic mass is 16.6. The molecule has 220 valence electrons. The maximum Gasteiger partial charge on any atom is 0.241 e. The van der Waals surface area contributed by atoms with Crippen LogP contribution in [-0.4, -0.2) is 40.3 Å². The Morgan fingerprint density at radius 1 is 0.953 bits per heavy atom. The molecule has 1 saturated heterocycles. The van der Waals surface area contributed by atoms with E-state index < -0.39 is 46.2 Å². The highest BCUT2D eigenvalue weighted by Gasteiger charge is 2.83. The summed E-state index contributed by atoms with van der Waals surface area (Å²) in [4.78, 5) is 60.3. The summed E-state index contributed by atoms with van der Waals surface area (Å²) in [6.07, 6.45) is 0.436. The fourth-order valence-electron chi connectivity index (χ4n) is 8.93. The van der Waals surface area contributed by atoms with Crippen molar-refractivity contribution in [1.29, 1.82) is 0 Å². The molecule has 7 rings (SSSR count). The number of fused-ring (bicyclic) bond motifs is 3.